The maximum Gasteiger partial charge on any atom is 0.271 e. The first-order valence-electron chi connectivity index (χ1n) is 9.51. The van der Waals surface area contributed by atoms with Crippen molar-refractivity contribution in [2.24, 2.45) is 5.10 Å². The summed E-state index contributed by atoms with van der Waals surface area (Å²) in [6.07, 6.45) is 1.56. The Labute approximate surface area is 207 Å². The Hall–Kier alpha value is -2.79. The SMILES string of the molecule is COc1cc(C(=O)N/N=C\c2ccc(OCc3ccc4c(c3)OCO4)c(Br)c2)ccc1I. The van der Waals surface area contributed by atoms with Gasteiger partial charge in [-0.2, -0.15) is 5.10 Å². The van der Waals surface area contributed by atoms with Crippen LogP contribution in [0.15, 0.2) is 64.2 Å². The topological polar surface area (TPSA) is 78.4 Å². The molecule has 1 heterocycles. The molecule has 1 amide bonds. The van der Waals surface area contributed by atoms with Crippen molar-refractivity contribution in [2.45, 2.75) is 6.61 Å². The zero-order valence-electron chi connectivity index (χ0n) is 16.9. The quantitative estimate of drug-likeness (QED) is 0.228. The van der Waals surface area contributed by atoms with Crippen LogP contribution in [0.1, 0.15) is 21.5 Å². The molecule has 0 saturated heterocycles. The summed E-state index contributed by atoms with van der Waals surface area (Å²) in [6, 6.07) is 16.5. The van der Waals surface area contributed by atoms with Gasteiger partial charge in [0.25, 0.3) is 5.91 Å². The fourth-order valence-electron chi connectivity index (χ4n) is 2.94. The maximum atomic E-state index is 12.3. The number of carbonyl (C=O) groups is 1. The highest BCUT2D eigenvalue weighted by Gasteiger charge is 2.13. The highest BCUT2D eigenvalue weighted by atomic mass is 127. The number of hydrogen-bond donors (Lipinski definition) is 1. The molecule has 1 aliphatic heterocycles. The molecule has 0 unspecified atom stereocenters. The van der Waals surface area contributed by atoms with Crippen LogP contribution in [0.4, 0.5) is 0 Å². The van der Waals surface area contributed by atoms with Gasteiger partial charge >= 0.3 is 0 Å². The number of benzene rings is 3. The molecule has 4 rings (SSSR count). The number of amides is 1. The summed E-state index contributed by atoms with van der Waals surface area (Å²) < 4.78 is 23.6. The number of hydrogen-bond acceptors (Lipinski definition) is 6. The molecule has 164 valence electrons. The second-order valence-corrected chi connectivity index (χ2v) is 8.73. The van der Waals surface area contributed by atoms with Gasteiger partial charge < -0.3 is 18.9 Å². The second kappa shape index (κ2) is 10.2. The lowest BCUT2D eigenvalue weighted by Crippen LogP contribution is -2.17. The van der Waals surface area contributed by atoms with Crippen molar-refractivity contribution >= 4 is 50.6 Å². The number of halogens is 2. The predicted molar refractivity (Wildman–Crippen MR) is 132 cm³/mol. The molecule has 0 aliphatic carbocycles. The van der Waals surface area contributed by atoms with Crippen LogP contribution in [0.3, 0.4) is 0 Å². The fraction of sp³-hybridized carbons (Fsp3) is 0.130. The molecular formula is C23H18BrIN2O5. The van der Waals surface area contributed by atoms with Gasteiger partial charge in [-0.1, -0.05) is 6.07 Å². The van der Waals surface area contributed by atoms with Crippen LogP contribution in [0.2, 0.25) is 0 Å². The molecule has 1 N–H and O–H groups in total. The molecule has 1 aliphatic rings. The third-order valence-corrected chi connectivity index (χ3v) is 6.09. The van der Waals surface area contributed by atoms with Gasteiger partial charge in [0.1, 0.15) is 18.1 Å². The van der Waals surface area contributed by atoms with Gasteiger partial charge in [0, 0.05) is 5.56 Å². The van der Waals surface area contributed by atoms with Gasteiger partial charge in [0.2, 0.25) is 6.79 Å². The number of hydrazone groups is 1. The van der Waals surface area contributed by atoms with Crippen LogP contribution in [-0.4, -0.2) is 26.0 Å². The van der Waals surface area contributed by atoms with Gasteiger partial charge in [-0.05, 0) is 98.2 Å². The lowest BCUT2D eigenvalue weighted by Gasteiger charge is -2.09. The van der Waals surface area contributed by atoms with E-state index in [0.29, 0.717) is 23.7 Å². The molecule has 0 fully saturated rings. The lowest BCUT2D eigenvalue weighted by molar-refractivity contribution is 0.0954. The Kier molecular flexibility index (Phi) is 7.15. The summed E-state index contributed by atoms with van der Waals surface area (Å²) in [5, 5.41) is 4.04. The van der Waals surface area contributed by atoms with Crippen molar-refractivity contribution in [3.05, 3.63) is 79.3 Å². The van der Waals surface area contributed by atoms with Crippen molar-refractivity contribution in [3.63, 3.8) is 0 Å². The van der Waals surface area contributed by atoms with Crippen molar-refractivity contribution in [2.75, 3.05) is 13.9 Å². The summed E-state index contributed by atoms with van der Waals surface area (Å²) in [4.78, 5) is 12.3. The summed E-state index contributed by atoms with van der Waals surface area (Å²) in [5.41, 5.74) is 4.76. The van der Waals surface area contributed by atoms with Gasteiger partial charge in [-0.15, -0.1) is 0 Å². The molecule has 7 nitrogen and oxygen atoms in total. The molecule has 3 aromatic rings. The number of nitrogens with one attached hydrogen (secondary N) is 1. The molecule has 0 bridgehead atoms. The number of fused-ring (bicyclic) bond motifs is 1. The second-order valence-electron chi connectivity index (χ2n) is 6.71. The van der Waals surface area contributed by atoms with Crippen LogP contribution in [-0.2, 0) is 6.61 Å². The molecule has 0 spiro atoms. The Morgan fingerprint density at radius 2 is 1.97 bits per heavy atom. The first kappa shape index (κ1) is 22.4. The highest BCUT2D eigenvalue weighted by Crippen LogP contribution is 2.33. The summed E-state index contributed by atoms with van der Waals surface area (Å²) >= 11 is 5.66. The highest BCUT2D eigenvalue weighted by molar-refractivity contribution is 14.1. The van der Waals surface area contributed by atoms with Crippen LogP contribution in [0.5, 0.6) is 23.0 Å². The van der Waals surface area contributed by atoms with E-state index in [2.05, 4.69) is 49.0 Å². The monoisotopic (exact) mass is 608 g/mol. The first-order chi connectivity index (χ1) is 15.5. The molecule has 0 atom stereocenters. The number of rotatable bonds is 7. The van der Waals surface area contributed by atoms with Crippen molar-refractivity contribution < 1.29 is 23.7 Å². The molecule has 32 heavy (non-hydrogen) atoms. The molecule has 3 aromatic carbocycles. The minimum Gasteiger partial charge on any atom is -0.496 e. The Balaban J connectivity index is 1.34. The fourth-order valence-corrected chi connectivity index (χ4v) is 4.00. The lowest BCUT2D eigenvalue weighted by atomic mass is 10.2. The minimum absolute atomic E-state index is 0.244. The van der Waals surface area contributed by atoms with Gasteiger partial charge in [0.05, 0.1) is 21.4 Å². The van der Waals surface area contributed by atoms with E-state index in [0.717, 1.165) is 30.7 Å². The first-order valence-corrected chi connectivity index (χ1v) is 11.4. The number of ether oxygens (including phenoxy) is 4. The van der Waals surface area contributed by atoms with Crippen molar-refractivity contribution in [1.29, 1.82) is 0 Å². The minimum atomic E-state index is -0.321. The van der Waals surface area contributed by atoms with E-state index in [1.54, 1.807) is 25.5 Å². The summed E-state index contributed by atoms with van der Waals surface area (Å²) in [7, 11) is 1.57. The molecule has 0 radical (unpaired) electrons. The van der Waals surface area contributed by atoms with E-state index in [1.807, 2.05) is 42.5 Å². The Morgan fingerprint density at radius 3 is 2.78 bits per heavy atom. The van der Waals surface area contributed by atoms with Gasteiger partial charge in [-0.3, -0.25) is 4.79 Å². The molecule has 0 aromatic heterocycles. The maximum absolute atomic E-state index is 12.3. The number of carbonyl (C=O) groups excluding carboxylic acids is 1. The number of nitrogens with zero attached hydrogens (tertiary/aromatic N) is 1. The average molecular weight is 609 g/mol. The number of methoxy groups -OCH3 is 1. The molecular weight excluding hydrogens is 591 g/mol. The third-order valence-electron chi connectivity index (χ3n) is 4.58. The van der Waals surface area contributed by atoms with Gasteiger partial charge in [-0.25, -0.2) is 5.43 Å². The van der Waals surface area contributed by atoms with Crippen LogP contribution in [0, 0.1) is 3.57 Å². The summed E-state index contributed by atoms with van der Waals surface area (Å²) in [6.45, 7) is 0.631. The van der Waals surface area contributed by atoms with Crippen molar-refractivity contribution in [1.82, 2.24) is 5.43 Å². The van der Waals surface area contributed by atoms with E-state index < -0.39 is 0 Å². The molecule has 0 saturated carbocycles. The van der Waals surface area contributed by atoms with E-state index in [1.165, 1.54) is 0 Å². The zero-order valence-corrected chi connectivity index (χ0v) is 20.7. The molecule has 9 heteroatoms. The van der Waals surface area contributed by atoms with Crippen LogP contribution >= 0.6 is 38.5 Å². The standard InChI is InChI=1S/C23H18BrIN2O5/c1-29-21-10-16(4-5-18(21)25)23(28)27-26-11-14-2-6-19(17(24)8-14)30-12-15-3-7-20-22(9-15)32-13-31-20/h2-11H,12-13H2,1H3,(H,27,28)/b26-11-. The zero-order chi connectivity index (χ0) is 22.5. The normalized spacial score (nSPS) is 12.1. The largest absolute Gasteiger partial charge is 0.496 e. The third kappa shape index (κ3) is 5.33. The van der Waals surface area contributed by atoms with E-state index in [9.17, 15) is 4.79 Å². The van der Waals surface area contributed by atoms with Crippen molar-refractivity contribution in [3.8, 4) is 23.0 Å². The Bertz CT molecular complexity index is 1190. The predicted octanol–water partition coefficient (Wildman–Crippen LogP) is 5.13. The Morgan fingerprint density at radius 1 is 1.12 bits per heavy atom. The van der Waals surface area contributed by atoms with E-state index in [-0.39, 0.29) is 12.7 Å². The summed E-state index contributed by atoms with van der Waals surface area (Å²) in [5.74, 6) is 2.48. The van der Waals surface area contributed by atoms with E-state index >= 15 is 0 Å². The smallest absolute Gasteiger partial charge is 0.271 e. The van der Waals surface area contributed by atoms with E-state index in [4.69, 9.17) is 18.9 Å². The average Bonchev–Trinajstić information content (AvgIpc) is 3.26. The van der Waals surface area contributed by atoms with Crippen LogP contribution < -0.4 is 24.4 Å². The van der Waals surface area contributed by atoms with Gasteiger partial charge in [0.15, 0.2) is 11.5 Å². The van der Waals surface area contributed by atoms with Crippen LogP contribution in [0.25, 0.3) is 0 Å².